The molecule has 1 aromatic heterocycles. The summed E-state index contributed by atoms with van der Waals surface area (Å²) in [6.07, 6.45) is 12.6. The molecule has 2 aliphatic heterocycles. The van der Waals surface area contributed by atoms with Crippen LogP contribution in [0, 0.1) is 23.1 Å². The predicted molar refractivity (Wildman–Crippen MR) is 172 cm³/mol. The maximum absolute atomic E-state index is 15.0. The summed E-state index contributed by atoms with van der Waals surface area (Å²) in [5.41, 5.74) is -1.38. The van der Waals surface area contributed by atoms with Gasteiger partial charge in [-0.2, -0.15) is 0 Å². The Morgan fingerprint density at radius 3 is 2.40 bits per heavy atom. The molecule has 2 N–H and O–H groups in total. The fourth-order valence-electron chi connectivity index (χ4n) is 8.71. The first-order chi connectivity index (χ1) is 21.7. The topological polar surface area (TPSA) is 94.9 Å². The van der Waals surface area contributed by atoms with E-state index >= 15 is 4.39 Å². The summed E-state index contributed by atoms with van der Waals surface area (Å²) in [6.45, 7) is 5.40. The normalized spacial score (nSPS) is 24.6. The third-order valence-corrected chi connectivity index (χ3v) is 11.3. The molecule has 45 heavy (non-hydrogen) atoms. The van der Waals surface area contributed by atoms with Gasteiger partial charge in [0.2, 0.25) is 5.91 Å². The lowest BCUT2D eigenvalue weighted by Crippen LogP contribution is -2.62. The lowest BCUT2D eigenvalue weighted by Gasteiger charge is -2.53. The van der Waals surface area contributed by atoms with Crippen LogP contribution in [-0.4, -0.2) is 76.2 Å². The molecule has 1 spiro atoms. The number of carbonyl (C=O) groups is 2. The highest BCUT2D eigenvalue weighted by Gasteiger charge is 2.56. The van der Waals surface area contributed by atoms with Gasteiger partial charge >= 0.3 is 0 Å². The number of piperidine rings is 1. The zero-order chi connectivity index (χ0) is 31.6. The summed E-state index contributed by atoms with van der Waals surface area (Å²) in [5.74, 6) is 0.0204. The lowest BCUT2D eigenvalue weighted by atomic mass is 9.65. The van der Waals surface area contributed by atoms with Crippen LogP contribution in [0.25, 0.3) is 11.1 Å². The van der Waals surface area contributed by atoms with Gasteiger partial charge in [0.05, 0.1) is 17.7 Å². The van der Waals surface area contributed by atoms with Crippen LogP contribution >= 0.6 is 0 Å². The molecule has 2 amide bonds. The van der Waals surface area contributed by atoms with E-state index in [4.69, 9.17) is 0 Å². The molecule has 4 aliphatic rings. The molecule has 6 rings (SSSR count). The second kappa shape index (κ2) is 13.4. The van der Waals surface area contributed by atoms with Crippen molar-refractivity contribution in [3.05, 3.63) is 58.3 Å². The quantitative estimate of drug-likeness (QED) is 0.463. The first kappa shape index (κ1) is 31.9. The van der Waals surface area contributed by atoms with Gasteiger partial charge in [0.15, 0.2) is 0 Å². The number of halogens is 1. The van der Waals surface area contributed by atoms with Crippen molar-refractivity contribution in [1.82, 2.24) is 19.7 Å². The number of aromatic nitrogens is 1. The minimum atomic E-state index is -1.22. The third kappa shape index (κ3) is 6.48. The predicted octanol–water partition coefficient (Wildman–Crippen LogP) is 4.83. The fourth-order valence-corrected chi connectivity index (χ4v) is 8.71. The molecule has 9 heteroatoms. The van der Waals surface area contributed by atoms with Crippen LogP contribution in [0.3, 0.4) is 0 Å². The van der Waals surface area contributed by atoms with Gasteiger partial charge in [0.25, 0.3) is 11.5 Å². The van der Waals surface area contributed by atoms with Gasteiger partial charge in [-0.1, -0.05) is 70.1 Å². The van der Waals surface area contributed by atoms with E-state index in [2.05, 4.69) is 12.2 Å². The van der Waals surface area contributed by atoms with Crippen LogP contribution in [-0.2, 0) is 11.3 Å². The maximum Gasteiger partial charge on any atom is 0.256 e. The largest absolute Gasteiger partial charge is 0.387 e. The summed E-state index contributed by atoms with van der Waals surface area (Å²) in [4.78, 5) is 45.0. The van der Waals surface area contributed by atoms with Gasteiger partial charge in [-0.3, -0.25) is 14.4 Å². The number of hydrogen-bond acceptors (Lipinski definition) is 5. The number of benzene rings is 1. The van der Waals surface area contributed by atoms with Crippen LogP contribution in [0.4, 0.5) is 4.39 Å². The van der Waals surface area contributed by atoms with Crippen molar-refractivity contribution in [1.29, 1.82) is 0 Å². The highest BCUT2D eigenvalue weighted by molar-refractivity contribution is 6.00. The monoisotopic (exact) mass is 620 g/mol. The van der Waals surface area contributed by atoms with Crippen LogP contribution < -0.4 is 10.9 Å². The Labute approximate surface area is 266 Å². The van der Waals surface area contributed by atoms with E-state index in [9.17, 15) is 19.5 Å². The average Bonchev–Trinajstić information content (AvgIpc) is 3.54. The molecule has 2 aromatic rings. The first-order valence-corrected chi connectivity index (χ1v) is 17.2. The fraction of sp³-hybridized carbons (Fsp3) is 0.639. The van der Waals surface area contributed by atoms with E-state index in [0.717, 1.165) is 32.1 Å². The van der Waals surface area contributed by atoms with Gasteiger partial charge in [0.1, 0.15) is 5.82 Å². The zero-order valence-corrected chi connectivity index (χ0v) is 26.7. The number of amides is 2. The van der Waals surface area contributed by atoms with Gasteiger partial charge in [-0.05, 0) is 37.7 Å². The summed E-state index contributed by atoms with van der Waals surface area (Å²) in [7, 11) is 0. The van der Waals surface area contributed by atoms with Crippen molar-refractivity contribution in [3.63, 3.8) is 0 Å². The maximum atomic E-state index is 15.0. The van der Waals surface area contributed by atoms with E-state index in [1.165, 1.54) is 48.8 Å². The highest BCUT2D eigenvalue weighted by atomic mass is 19.1. The van der Waals surface area contributed by atoms with E-state index in [1.54, 1.807) is 29.3 Å². The van der Waals surface area contributed by atoms with E-state index < -0.39 is 16.8 Å². The first-order valence-electron chi connectivity index (χ1n) is 17.2. The molecule has 0 bridgehead atoms. The van der Waals surface area contributed by atoms with Crippen LogP contribution in [0.1, 0.15) is 87.9 Å². The summed E-state index contributed by atoms with van der Waals surface area (Å²) < 4.78 is 16.5. The molecule has 0 radical (unpaired) electrons. The molecule has 2 aliphatic carbocycles. The Morgan fingerprint density at radius 1 is 0.978 bits per heavy atom. The van der Waals surface area contributed by atoms with Crippen molar-refractivity contribution in [2.75, 3.05) is 39.3 Å². The second-order valence-corrected chi connectivity index (χ2v) is 14.3. The van der Waals surface area contributed by atoms with E-state index in [-0.39, 0.29) is 46.5 Å². The SMILES string of the molecule is CC(CC1CCCCC1)C(=O)N1CC[C@](O)(Cn2cc(C(=O)N3CCNCC3)c(-c3ccccc3F)cc2=O)C2(CCCC2)C1. The molecule has 8 nitrogen and oxygen atoms in total. The Hall–Kier alpha value is -3.04. The summed E-state index contributed by atoms with van der Waals surface area (Å²) >= 11 is 0. The molecule has 2 atom stereocenters. The molecule has 1 aromatic carbocycles. The van der Waals surface area contributed by atoms with Crippen LogP contribution in [0.2, 0.25) is 0 Å². The Morgan fingerprint density at radius 2 is 1.69 bits per heavy atom. The van der Waals surface area contributed by atoms with Crippen molar-refractivity contribution >= 4 is 11.8 Å². The minimum Gasteiger partial charge on any atom is -0.387 e. The van der Waals surface area contributed by atoms with Gasteiger partial charge in [-0.15, -0.1) is 0 Å². The third-order valence-electron chi connectivity index (χ3n) is 11.3. The number of carbonyl (C=O) groups excluding carboxylic acids is 2. The van der Waals surface area contributed by atoms with Crippen LogP contribution in [0.5, 0.6) is 0 Å². The van der Waals surface area contributed by atoms with Gasteiger partial charge < -0.3 is 24.8 Å². The van der Waals surface area contributed by atoms with Crippen molar-refractivity contribution in [2.24, 2.45) is 17.3 Å². The number of piperazine rings is 1. The minimum absolute atomic E-state index is 0.0326. The molecule has 2 saturated heterocycles. The standard InChI is InChI=1S/C36H49FN4O4/c1-26(21-27-9-3-2-4-10-27)33(43)40-18-15-36(45,35(24-40)13-7-8-14-35)25-41-23-30(34(44)39-19-16-38-17-20-39)29(22-32(41)42)28-11-5-6-12-31(28)37/h5-6,11-12,22-23,26-27,38,45H,2-4,7-10,13-21,24-25H2,1H3/t26?,36-/m0/s1. The summed E-state index contributed by atoms with van der Waals surface area (Å²) in [6, 6.07) is 7.55. The second-order valence-electron chi connectivity index (χ2n) is 14.3. The average molecular weight is 621 g/mol. The molecular weight excluding hydrogens is 571 g/mol. The molecule has 3 heterocycles. The number of hydrogen-bond donors (Lipinski definition) is 2. The zero-order valence-electron chi connectivity index (χ0n) is 26.7. The Balaban J connectivity index is 1.28. The number of likely N-dealkylation sites (tertiary alicyclic amines) is 1. The Kier molecular flexibility index (Phi) is 9.48. The molecular formula is C36H49FN4O4. The van der Waals surface area contributed by atoms with Crippen molar-refractivity contribution in [3.8, 4) is 11.1 Å². The summed E-state index contributed by atoms with van der Waals surface area (Å²) in [5, 5.41) is 15.7. The number of pyridine rings is 1. The smallest absolute Gasteiger partial charge is 0.256 e. The van der Waals surface area contributed by atoms with Crippen molar-refractivity contribution in [2.45, 2.75) is 89.7 Å². The Bertz CT molecular complexity index is 1440. The van der Waals surface area contributed by atoms with Crippen LogP contribution in [0.15, 0.2) is 41.3 Å². The molecule has 2 saturated carbocycles. The van der Waals surface area contributed by atoms with E-state index in [1.807, 2.05) is 4.90 Å². The number of nitrogens with zero attached hydrogens (tertiary/aromatic N) is 3. The number of rotatable bonds is 7. The molecule has 1 unspecified atom stereocenters. The van der Waals surface area contributed by atoms with Gasteiger partial charge in [-0.25, -0.2) is 4.39 Å². The number of aliphatic hydroxyl groups is 1. The lowest BCUT2D eigenvalue weighted by molar-refractivity contribution is -0.163. The molecule has 4 fully saturated rings. The molecule has 244 valence electrons. The van der Waals surface area contributed by atoms with Gasteiger partial charge in [0, 0.05) is 74.0 Å². The van der Waals surface area contributed by atoms with Crippen molar-refractivity contribution < 1.29 is 19.1 Å². The number of nitrogens with one attached hydrogen (secondary N) is 1. The highest BCUT2D eigenvalue weighted by Crippen LogP contribution is 2.52. The van der Waals surface area contributed by atoms with E-state index in [0.29, 0.717) is 51.6 Å².